The van der Waals surface area contributed by atoms with Crippen LogP contribution in [0.25, 0.3) is 0 Å². The zero-order valence-corrected chi connectivity index (χ0v) is 10.6. The van der Waals surface area contributed by atoms with Gasteiger partial charge in [0.05, 0.1) is 17.0 Å². The Morgan fingerprint density at radius 3 is 2.00 bits per heavy atom. The van der Waals surface area contributed by atoms with Crippen LogP contribution >= 0.6 is 0 Å². The molecular weight excluding hydrogens is 240 g/mol. The van der Waals surface area contributed by atoms with E-state index < -0.39 is 20.9 Å². The van der Waals surface area contributed by atoms with E-state index in [2.05, 4.69) is 0 Å². The summed E-state index contributed by atoms with van der Waals surface area (Å²) in [4.78, 5) is 20.6. The van der Waals surface area contributed by atoms with Gasteiger partial charge in [-0.2, -0.15) is 0 Å². The molecule has 7 heteroatoms. The number of methoxy groups -OCH3 is 1. The Kier molecular flexibility index (Phi) is 3.54. The first kappa shape index (κ1) is 13.9. The summed E-state index contributed by atoms with van der Waals surface area (Å²) in [6.45, 7) is 5.38. The topological polar surface area (TPSA) is 95.5 Å². The van der Waals surface area contributed by atoms with E-state index in [1.54, 1.807) is 20.8 Å². The molecule has 0 heterocycles. The second kappa shape index (κ2) is 4.59. The molecule has 7 nitrogen and oxygen atoms in total. The Bertz CT molecular complexity index is 505. The van der Waals surface area contributed by atoms with Gasteiger partial charge in [0.25, 0.3) is 5.75 Å². The summed E-state index contributed by atoms with van der Waals surface area (Å²) in [5.41, 5.74) is -0.864. The molecule has 18 heavy (non-hydrogen) atoms. The average Bonchev–Trinajstić information content (AvgIpc) is 2.25. The second-order valence-electron chi connectivity index (χ2n) is 4.78. The fourth-order valence-corrected chi connectivity index (χ4v) is 1.69. The van der Waals surface area contributed by atoms with Crippen LogP contribution in [0.5, 0.6) is 5.75 Å². The highest BCUT2D eigenvalue weighted by Crippen LogP contribution is 2.43. The van der Waals surface area contributed by atoms with Crippen LogP contribution in [0, 0.1) is 20.2 Å². The zero-order chi connectivity index (χ0) is 14.1. The van der Waals surface area contributed by atoms with Crippen LogP contribution in [0.4, 0.5) is 11.4 Å². The Labute approximate surface area is 104 Å². The Morgan fingerprint density at radius 2 is 1.67 bits per heavy atom. The van der Waals surface area contributed by atoms with Crippen LogP contribution in [-0.2, 0) is 5.41 Å². The minimum absolute atomic E-state index is 0.308. The van der Waals surface area contributed by atoms with Gasteiger partial charge < -0.3 is 4.74 Å². The molecule has 0 atom stereocenters. The summed E-state index contributed by atoms with van der Waals surface area (Å²) in [5.74, 6) is -0.308. The second-order valence-corrected chi connectivity index (χ2v) is 4.78. The van der Waals surface area contributed by atoms with Crippen LogP contribution in [-0.4, -0.2) is 17.0 Å². The highest BCUT2D eigenvalue weighted by molar-refractivity contribution is 5.65. The number of nitrogens with zero attached hydrogens (tertiary/aromatic N) is 2. The maximum atomic E-state index is 11.1. The highest BCUT2D eigenvalue weighted by Gasteiger charge is 2.34. The van der Waals surface area contributed by atoms with Gasteiger partial charge in [-0.25, -0.2) is 0 Å². The minimum atomic E-state index is -0.696. The average molecular weight is 254 g/mol. The van der Waals surface area contributed by atoms with Crippen LogP contribution < -0.4 is 4.74 Å². The van der Waals surface area contributed by atoms with E-state index in [9.17, 15) is 20.2 Å². The van der Waals surface area contributed by atoms with Crippen LogP contribution in [0.3, 0.4) is 0 Å². The predicted octanol–water partition coefficient (Wildman–Crippen LogP) is 2.81. The van der Waals surface area contributed by atoms with Gasteiger partial charge in [-0.15, -0.1) is 0 Å². The van der Waals surface area contributed by atoms with E-state index in [-0.39, 0.29) is 11.4 Å². The molecule has 0 aliphatic rings. The van der Waals surface area contributed by atoms with Gasteiger partial charge in [0.2, 0.25) is 0 Å². The van der Waals surface area contributed by atoms with E-state index in [1.807, 2.05) is 0 Å². The van der Waals surface area contributed by atoms with Crippen molar-refractivity contribution in [2.45, 2.75) is 26.2 Å². The van der Waals surface area contributed by atoms with Crippen molar-refractivity contribution in [1.82, 2.24) is 0 Å². The van der Waals surface area contributed by atoms with Crippen LogP contribution in [0.1, 0.15) is 26.3 Å². The van der Waals surface area contributed by atoms with Crippen LogP contribution in [0.15, 0.2) is 12.1 Å². The van der Waals surface area contributed by atoms with Crippen molar-refractivity contribution in [3.63, 3.8) is 0 Å². The first-order valence-corrected chi connectivity index (χ1v) is 5.20. The molecule has 0 radical (unpaired) electrons. The molecule has 0 saturated heterocycles. The van der Waals surface area contributed by atoms with Gasteiger partial charge in [-0.05, 0) is 11.5 Å². The molecule has 1 aromatic carbocycles. The maximum absolute atomic E-state index is 11.1. The third kappa shape index (κ3) is 2.39. The molecule has 1 aromatic rings. The van der Waals surface area contributed by atoms with E-state index in [0.29, 0.717) is 5.56 Å². The largest absolute Gasteiger partial charge is 0.485 e. The third-order valence-corrected chi connectivity index (χ3v) is 2.50. The van der Waals surface area contributed by atoms with E-state index in [4.69, 9.17) is 4.74 Å². The molecule has 0 aliphatic carbocycles. The SMILES string of the molecule is COc1c([N+](=O)[O-])ccc(C(C)(C)C)c1[N+](=O)[O-]. The van der Waals surface area contributed by atoms with Crippen LogP contribution in [0.2, 0.25) is 0 Å². The summed E-state index contributed by atoms with van der Waals surface area (Å²) in [6, 6.07) is 2.63. The molecule has 0 saturated carbocycles. The first-order chi connectivity index (χ1) is 8.20. The van der Waals surface area contributed by atoms with Gasteiger partial charge in [-0.1, -0.05) is 20.8 Å². The molecule has 98 valence electrons. The zero-order valence-electron chi connectivity index (χ0n) is 10.6. The van der Waals surface area contributed by atoms with E-state index in [1.165, 1.54) is 19.2 Å². The Hall–Kier alpha value is -2.18. The lowest BCUT2D eigenvalue weighted by Gasteiger charge is -2.19. The minimum Gasteiger partial charge on any atom is -0.485 e. The highest BCUT2D eigenvalue weighted by atomic mass is 16.6. The fourth-order valence-electron chi connectivity index (χ4n) is 1.69. The van der Waals surface area contributed by atoms with Crippen molar-refractivity contribution >= 4 is 11.4 Å². The van der Waals surface area contributed by atoms with E-state index in [0.717, 1.165) is 0 Å². The van der Waals surface area contributed by atoms with Crippen molar-refractivity contribution in [2.75, 3.05) is 7.11 Å². The van der Waals surface area contributed by atoms with Crippen molar-refractivity contribution in [1.29, 1.82) is 0 Å². The van der Waals surface area contributed by atoms with Crippen molar-refractivity contribution < 1.29 is 14.6 Å². The molecule has 1 rings (SSSR count). The summed E-state index contributed by atoms with van der Waals surface area (Å²) in [6.07, 6.45) is 0. The molecular formula is C11H14N2O5. The number of hydrogen-bond donors (Lipinski definition) is 0. The monoisotopic (exact) mass is 254 g/mol. The normalized spacial score (nSPS) is 11.1. The predicted molar refractivity (Wildman–Crippen MR) is 65.0 cm³/mol. The molecule has 0 amide bonds. The Morgan fingerprint density at radius 1 is 1.11 bits per heavy atom. The molecule has 0 bridgehead atoms. The summed E-state index contributed by atoms with van der Waals surface area (Å²) in [7, 11) is 1.18. The number of benzene rings is 1. The lowest BCUT2D eigenvalue weighted by atomic mass is 9.85. The molecule has 0 unspecified atom stereocenters. The summed E-state index contributed by atoms with van der Waals surface area (Å²) in [5, 5.41) is 21.9. The number of nitro benzene ring substituents is 2. The van der Waals surface area contributed by atoms with Crippen molar-refractivity contribution in [2.24, 2.45) is 0 Å². The lowest BCUT2D eigenvalue weighted by molar-refractivity contribution is -0.396. The van der Waals surface area contributed by atoms with Gasteiger partial charge in [0.1, 0.15) is 0 Å². The standard InChI is InChI=1S/C11H14N2O5/c1-11(2,3)7-5-6-8(12(14)15)10(18-4)9(7)13(16)17/h5-6H,1-4H3. The smallest absolute Gasteiger partial charge is 0.321 e. The molecule has 0 aromatic heterocycles. The molecule has 0 spiro atoms. The number of nitro groups is 2. The summed E-state index contributed by atoms with van der Waals surface area (Å²) < 4.78 is 4.85. The molecule has 0 aliphatic heterocycles. The number of rotatable bonds is 3. The number of ether oxygens (including phenoxy) is 1. The Balaban J connectivity index is 3.70. The van der Waals surface area contributed by atoms with Gasteiger partial charge in [0, 0.05) is 11.6 Å². The first-order valence-electron chi connectivity index (χ1n) is 5.20. The summed E-state index contributed by atoms with van der Waals surface area (Å²) >= 11 is 0. The lowest BCUT2D eigenvalue weighted by Crippen LogP contribution is -2.15. The van der Waals surface area contributed by atoms with Crippen molar-refractivity contribution in [3.05, 3.63) is 37.9 Å². The van der Waals surface area contributed by atoms with E-state index >= 15 is 0 Å². The third-order valence-electron chi connectivity index (χ3n) is 2.50. The van der Waals surface area contributed by atoms with Gasteiger partial charge in [-0.3, -0.25) is 20.2 Å². The van der Waals surface area contributed by atoms with Crippen molar-refractivity contribution in [3.8, 4) is 5.75 Å². The fraction of sp³-hybridized carbons (Fsp3) is 0.455. The molecule has 0 N–H and O–H groups in total. The van der Waals surface area contributed by atoms with Gasteiger partial charge >= 0.3 is 11.4 Å². The molecule has 0 fully saturated rings. The van der Waals surface area contributed by atoms with Gasteiger partial charge in [0.15, 0.2) is 0 Å². The quantitative estimate of drug-likeness (QED) is 0.610. The number of hydrogen-bond acceptors (Lipinski definition) is 5. The maximum Gasteiger partial charge on any atom is 0.321 e.